The molecule has 5 rings (SSSR count). The monoisotopic (exact) mass is 422 g/mol. The fourth-order valence-corrected chi connectivity index (χ4v) is 4.53. The lowest BCUT2D eigenvalue weighted by molar-refractivity contribution is 0.00735. The molecule has 0 radical (unpaired) electrons. The quantitative estimate of drug-likeness (QED) is 0.641. The number of fused-ring (bicyclic) bond motifs is 1. The molecular weight excluding hydrogens is 399 g/mol. The number of aryl methyl sites for hydroxylation is 3. The molecular formula is C22H23FN6O2. The van der Waals surface area contributed by atoms with Crippen LogP contribution in [0.2, 0.25) is 0 Å². The Labute approximate surface area is 179 Å². The second-order valence-corrected chi connectivity index (χ2v) is 8.28. The number of amides is 1. The van der Waals surface area contributed by atoms with Gasteiger partial charge in [-0.25, -0.2) is 14.4 Å². The number of likely N-dealkylation sites (tertiary alicyclic amines) is 1. The lowest BCUT2D eigenvalue weighted by Crippen LogP contribution is -2.66. The van der Waals surface area contributed by atoms with Crippen LogP contribution in [0.5, 0.6) is 0 Å². The third-order valence-electron chi connectivity index (χ3n) is 6.05. The van der Waals surface area contributed by atoms with Crippen molar-refractivity contribution in [3.8, 4) is 11.5 Å². The lowest BCUT2D eigenvalue weighted by Gasteiger charge is -2.53. The van der Waals surface area contributed by atoms with Crippen LogP contribution >= 0.6 is 0 Å². The first-order chi connectivity index (χ1) is 14.9. The molecule has 1 aromatic carbocycles. The van der Waals surface area contributed by atoms with Gasteiger partial charge in [-0.2, -0.15) is 4.98 Å². The topological polar surface area (TPSA) is 88.3 Å². The molecule has 0 aliphatic carbocycles. The van der Waals surface area contributed by atoms with E-state index < -0.39 is 5.82 Å². The van der Waals surface area contributed by atoms with E-state index in [9.17, 15) is 9.18 Å². The Balaban J connectivity index is 1.42. The van der Waals surface area contributed by atoms with E-state index in [2.05, 4.69) is 25.0 Å². The molecule has 2 aromatic heterocycles. The standard InChI is InChI=1S/C22H23FN6O2/c1-12-9-13(2)25-22(24-12)28-8-7-15-10-29(18(15)11-28)21(30)19-16(5-4-6-17(19)23)20-26-14(3)27-31-20/h4-6,9,15,18H,7-8,10-11H2,1-3H3/t15-,18-/m1/s1. The Morgan fingerprint density at radius 3 is 2.61 bits per heavy atom. The highest BCUT2D eigenvalue weighted by molar-refractivity contribution is 6.01. The van der Waals surface area contributed by atoms with Crippen LogP contribution in [0, 0.1) is 32.5 Å². The first-order valence-corrected chi connectivity index (χ1v) is 10.4. The summed E-state index contributed by atoms with van der Waals surface area (Å²) in [6.45, 7) is 7.66. The van der Waals surface area contributed by atoms with Gasteiger partial charge < -0.3 is 14.3 Å². The van der Waals surface area contributed by atoms with Gasteiger partial charge in [0.25, 0.3) is 11.8 Å². The van der Waals surface area contributed by atoms with Crippen LogP contribution in [0.15, 0.2) is 28.8 Å². The Hall–Kier alpha value is -3.36. The summed E-state index contributed by atoms with van der Waals surface area (Å²) in [5.74, 6) is 0.708. The van der Waals surface area contributed by atoms with Crippen LogP contribution in [0.4, 0.5) is 10.3 Å². The van der Waals surface area contributed by atoms with E-state index in [1.165, 1.54) is 6.07 Å². The maximum atomic E-state index is 14.8. The Morgan fingerprint density at radius 1 is 1.13 bits per heavy atom. The minimum Gasteiger partial charge on any atom is -0.339 e. The summed E-state index contributed by atoms with van der Waals surface area (Å²) in [5, 5.41) is 3.77. The molecule has 8 nitrogen and oxygen atoms in total. The van der Waals surface area contributed by atoms with Gasteiger partial charge in [-0.05, 0) is 45.4 Å². The Morgan fingerprint density at radius 2 is 1.90 bits per heavy atom. The van der Waals surface area contributed by atoms with E-state index in [-0.39, 0.29) is 23.4 Å². The van der Waals surface area contributed by atoms with E-state index in [0.29, 0.717) is 36.3 Å². The number of rotatable bonds is 3. The SMILES string of the molecule is Cc1cc(C)nc(N2CC[C@@H]3CN(C(=O)c4c(F)cccc4-c4nc(C)no4)[C@@H]3C2)n1. The molecule has 31 heavy (non-hydrogen) atoms. The van der Waals surface area contributed by atoms with Gasteiger partial charge in [-0.1, -0.05) is 11.2 Å². The summed E-state index contributed by atoms with van der Waals surface area (Å²) in [7, 11) is 0. The van der Waals surface area contributed by atoms with Crippen LogP contribution in [-0.4, -0.2) is 56.6 Å². The molecule has 2 fully saturated rings. The number of benzene rings is 1. The first kappa shape index (κ1) is 19.6. The minimum absolute atomic E-state index is 0.0115. The van der Waals surface area contributed by atoms with E-state index in [1.807, 2.05) is 19.9 Å². The van der Waals surface area contributed by atoms with Gasteiger partial charge in [-0.3, -0.25) is 4.79 Å². The van der Waals surface area contributed by atoms with Gasteiger partial charge in [0, 0.05) is 36.9 Å². The van der Waals surface area contributed by atoms with Crippen molar-refractivity contribution in [2.45, 2.75) is 33.2 Å². The maximum absolute atomic E-state index is 14.8. The summed E-state index contributed by atoms with van der Waals surface area (Å²) >= 11 is 0. The van der Waals surface area contributed by atoms with E-state index >= 15 is 0 Å². The number of hydrogen-bond donors (Lipinski definition) is 0. The average molecular weight is 422 g/mol. The molecule has 2 aliphatic heterocycles. The van der Waals surface area contributed by atoms with E-state index in [1.54, 1.807) is 24.0 Å². The summed E-state index contributed by atoms with van der Waals surface area (Å²) in [4.78, 5) is 30.6. The van der Waals surface area contributed by atoms with Gasteiger partial charge in [-0.15, -0.1) is 0 Å². The van der Waals surface area contributed by atoms with Crippen molar-refractivity contribution in [3.05, 3.63) is 52.9 Å². The highest BCUT2D eigenvalue weighted by Gasteiger charge is 2.46. The highest BCUT2D eigenvalue weighted by atomic mass is 19.1. The molecule has 2 atom stereocenters. The summed E-state index contributed by atoms with van der Waals surface area (Å²) in [5.41, 5.74) is 2.12. The molecule has 3 aromatic rings. The molecule has 160 valence electrons. The Bertz CT molecular complexity index is 1140. The second-order valence-electron chi connectivity index (χ2n) is 8.28. The van der Waals surface area contributed by atoms with Crippen molar-refractivity contribution in [2.75, 3.05) is 24.5 Å². The molecule has 0 bridgehead atoms. The van der Waals surface area contributed by atoms with Crippen molar-refractivity contribution in [1.29, 1.82) is 0 Å². The lowest BCUT2D eigenvalue weighted by atomic mass is 9.81. The second kappa shape index (κ2) is 7.40. The fraction of sp³-hybridized carbons (Fsp3) is 0.409. The fourth-order valence-electron chi connectivity index (χ4n) is 4.53. The van der Waals surface area contributed by atoms with Crippen molar-refractivity contribution in [2.24, 2.45) is 5.92 Å². The molecule has 1 amide bonds. The van der Waals surface area contributed by atoms with Crippen molar-refractivity contribution in [3.63, 3.8) is 0 Å². The van der Waals surface area contributed by atoms with Crippen molar-refractivity contribution < 1.29 is 13.7 Å². The maximum Gasteiger partial charge on any atom is 0.258 e. The predicted molar refractivity (Wildman–Crippen MR) is 111 cm³/mol. The van der Waals surface area contributed by atoms with Crippen LogP contribution in [0.3, 0.4) is 0 Å². The van der Waals surface area contributed by atoms with Crippen LogP contribution in [0.25, 0.3) is 11.5 Å². The molecule has 0 saturated carbocycles. The van der Waals surface area contributed by atoms with Crippen LogP contribution < -0.4 is 4.90 Å². The number of carbonyl (C=O) groups is 1. The number of nitrogens with zero attached hydrogens (tertiary/aromatic N) is 6. The Kier molecular flexibility index (Phi) is 4.68. The number of halogens is 1. The summed E-state index contributed by atoms with van der Waals surface area (Å²) in [6.07, 6.45) is 0.942. The average Bonchev–Trinajstić information content (AvgIpc) is 3.14. The summed E-state index contributed by atoms with van der Waals surface area (Å²) < 4.78 is 20.0. The zero-order valence-electron chi connectivity index (χ0n) is 17.7. The molecule has 2 saturated heterocycles. The number of hydrogen-bond acceptors (Lipinski definition) is 7. The summed E-state index contributed by atoms with van der Waals surface area (Å²) in [6, 6.07) is 6.39. The van der Waals surface area contributed by atoms with Crippen molar-refractivity contribution in [1.82, 2.24) is 25.0 Å². The molecule has 9 heteroatoms. The normalized spacial score (nSPS) is 20.4. The number of aromatic nitrogens is 4. The number of carbonyl (C=O) groups excluding carboxylic acids is 1. The van der Waals surface area contributed by atoms with Crippen molar-refractivity contribution >= 4 is 11.9 Å². The first-order valence-electron chi connectivity index (χ1n) is 10.4. The molecule has 0 unspecified atom stereocenters. The zero-order valence-corrected chi connectivity index (χ0v) is 17.7. The third-order valence-corrected chi connectivity index (χ3v) is 6.05. The van der Waals surface area contributed by atoms with Gasteiger partial charge in [0.15, 0.2) is 5.82 Å². The van der Waals surface area contributed by atoms with E-state index in [0.717, 1.165) is 24.4 Å². The van der Waals surface area contributed by atoms with Crippen LogP contribution in [0.1, 0.15) is 34.0 Å². The third kappa shape index (κ3) is 3.43. The van der Waals surface area contributed by atoms with E-state index in [4.69, 9.17) is 4.52 Å². The number of piperidine rings is 1. The zero-order chi connectivity index (χ0) is 21.7. The van der Waals surface area contributed by atoms with Gasteiger partial charge in [0.05, 0.1) is 17.2 Å². The largest absolute Gasteiger partial charge is 0.339 e. The van der Waals surface area contributed by atoms with Gasteiger partial charge >= 0.3 is 0 Å². The highest BCUT2D eigenvalue weighted by Crippen LogP contribution is 2.36. The van der Waals surface area contributed by atoms with Crippen LogP contribution in [-0.2, 0) is 0 Å². The molecule has 2 aliphatic rings. The predicted octanol–water partition coefficient (Wildman–Crippen LogP) is 2.94. The smallest absolute Gasteiger partial charge is 0.258 e. The molecule has 0 spiro atoms. The molecule has 4 heterocycles. The van der Waals surface area contributed by atoms with Gasteiger partial charge in [0.1, 0.15) is 5.82 Å². The number of anilines is 1. The minimum atomic E-state index is -0.591. The molecule has 0 N–H and O–H groups in total. The van der Waals surface area contributed by atoms with Gasteiger partial charge in [0.2, 0.25) is 5.95 Å².